The van der Waals surface area contributed by atoms with Crippen LogP contribution in [0.3, 0.4) is 0 Å². The SMILES string of the molecule is CCC(OC)[C@@H](Br)C/C=C\CC[C@H](O)CC. The Morgan fingerprint density at radius 3 is 2.44 bits per heavy atom. The van der Waals surface area contributed by atoms with Crippen molar-refractivity contribution < 1.29 is 9.84 Å². The number of rotatable bonds is 9. The Morgan fingerprint density at radius 1 is 1.25 bits per heavy atom. The fourth-order valence-electron chi connectivity index (χ4n) is 1.56. The molecule has 1 N–H and O–H groups in total. The number of hydrogen-bond acceptors (Lipinski definition) is 2. The molecule has 1 unspecified atom stereocenters. The largest absolute Gasteiger partial charge is 0.393 e. The van der Waals surface area contributed by atoms with Gasteiger partial charge in [0.1, 0.15) is 0 Å². The van der Waals surface area contributed by atoms with Crippen LogP contribution in [0.15, 0.2) is 12.2 Å². The summed E-state index contributed by atoms with van der Waals surface area (Å²) in [7, 11) is 1.75. The van der Waals surface area contributed by atoms with Gasteiger partial charge in [-0.1, -0.05) is 41.9 Å². The van der Waals surface area contributed by atoms with Crippen LogP contribution in [0.5, 0.6) is 0 Å². The first-order chi connectivity index (χ1) is 7.65. The van der Waals surface area contributed by atoms with Crippen LogP contribution in [0.2, 0.25) is 0 Å². The maximum absolute atomic E-state index is 9.37. The lowest BCUT2D eigenvalue weighted by Gasteiger charge is -2.17. The smallest absolute Gasteiger partial charge is 0.0696 e. The van der Waals surface area contributed by atoms with Crippen molar-refractivity contribution in [3.05, 3.63) is 12.2 Å². The van der Waals surface area contributed by atoms with Gasteiger partial charge >= 0.3 is 0 Å². The fraction of sp³-hybridized carbons (Fsp3) is 0.846. The van der Waals surface area contributed by atoms with Gasteiger partial charge in [-0.25, -0.2) is 0 Å². The van der Waals surface area contributed by atoms with Crippen molar-refractivity contribution in [3.63, 3.8) is 0 Å². The lowest BCUT2D eigenvalue weighted by atomic mass is 10.1. The molecule has 0 aliphatic heterocycles. The van der Waals surface area contributed by atoms with Crippen LogP contribution in [-0.4, -0.2) is 29.3 Å². The van der Waals surface area contributed by atoms with Crippen LogP contribution < -0.4 is 0 Å². The van der Waals surface area contributed by atoms with E-state index in [0.717, 1.165) is 32.1 Å². The fourth-order valence-corrected chi connectivity index (χ4v) is 2.36. The molecule has 0 aromatic heterocycles. The van der Waals surface area contributed by atoms with Crippen molar-refractivity contribution in [3.8, 4) is 0 Å². The Labute approximate surface area is 108 Å². The summed E-state index contributed by atoms with van der Waals surface area (Å²) >= 11 is 3.63. The van der Waals surface area contributed by atoms with Gasteiger partial charge in [-0.3, -0.25) is 0 Å². The number of halogens is 1. The number of allylic oxidation sites excluding steroid dienone is 2. The summed E-state index contributed by atoms with van der Waals surface area (Å²) in [6.07, 6.45) is 9.12. The average molecular weight is 293 g/mol. The van der Waals surface area contributed by atoms with E-state index in [1.807, 2.05) is 6.92 Å². The molecule has 0 saturated heterocycles. The summed E-state index contributed by atoms with van der Waals surface area (Å²) in [5.74, 6) is 0. The molecule has 96 valence electrons. The van der Waals surface area contributed by atoms with Gasteiger partial charge in [0.15, 0.2) is 0 Å². The Balaban J connectivity index is 3.66. The number of aliphatic hydroxyl groups excluding tert-OH is 1. The van der Waals surface area contributed by atoms with Crippen molar-refractivity contribution in [2.45, 2.75) is 63.0 Å². The topological polar surface area (TPSA) is 29.5 Å². The molecule has 0 bridgehead atoms. The van der Waals surface area contributed by atoms with E-state index in [1.54, 1.807) is 7.11 Å². The van der Waals surface area contributed by atoms with Gasteiger partial charge in [0.25, 0.3) is 0 Å². The molecule has 0 aliphatic carbocycles. The maximum atomic E-state index is 9.37. The van der Waals surface area contributed by atoms with Gasteiger partial charge < -0.3 is 9.84 Å². The average Bonchev–Trinajstić information content (AvgIpc) is 2.29. The van der Waals surface area contributed by atoms with Crippen molar-refractivity contribution in [2.24, 2.45) is 0 Å². The van der Waals surface area contributed by atoms with Crippen LogP contribution in [0.4, 0.5) is 0 Å². The van der Waals surface area contributed by atoms with Crippen molar-refractivity contribution in [1.82, 2.24) is 0 Å². The third kappa shape index (κ3) is 7.42. The highest BCUT2D eigenvalue weighted by atomic mass is 79.9. The molecule has 3 heteroatoms. The number of ether oxygens (including phenoxy) is 1. The molecule has 0 aromatic carbocycles. The standard InChI is InChI=1S/C13H25BrO2/c1-4-11(15)9-7-6-8-10-12(14)13(5-2)16-3/h6,8,11-13,15H,4-5,7,9-10H2,1-3H3/b8-6-/t11-,12+,13?/m1/s1. The summed E-state index contributed by atoms with van der Waals surface area (Å²) in [5, 5.41) is 9.37. The highest BCUT2D eigenvalue weighted by Gasteiger charge is 2.14. The van der Waals surface area contributed by atoms with Crippen molar-refractivity contribution in [2.75, 3.05) is 7.11 Å². The minimum Gasteiger partial charge on any atom is -0.393 e. The van der Waals surface area contributed by atoms with Crippen molar-refractivity contribution >= 4 is 15.9 Å². The third-order valence-electron chi connectivity index (χ3n) is 2.77. The molecule has 0 amide bonds. The molecule has 0 heterocycles. The first-order valence-electron chi connectivity index (χ1n) is 6.15. The number of hydrogen-bond donors (Lipinski definition) is 1. The van der Waals surface area contributed by atoms with Crippen LogP contribution in [0, 0.1) is 0 Å². The maximum Gasteiger partial charge on any atom is 0.0696 e. The van der Waals surface area contributed by atoms with Crippen LogP contribution in [0.25, 0.3) is 0 Å². The monoisotopic (exact) mass is 292 g/mol. The molecule has 0 aromatic rings. The molecule has 0 spiro atoms. The molecule has 0 radical (unpaired) electrons. The molecule has 0 fully saturated rings. The normalized spacial score (nSPS) is 17.6. The zero-order chi connectivity index (χ0) is 12.4. The summed E-state index contributed by atoms with van der Waals surface area (Å²) in [6.45, 7) is 4.14. The van der Waals surface area contributed by atoms with Gasteiger partial charge in [0.05, 0.1) is 12.2 Å². The number of methoxy groups -OCH3 is 1. The lowest BCUT2D eigenvalue weighted by Crippen LogP contribution is -2.21. The second-order valence-corrected chi connectivity index (χ2v) is 5.22. The molecule has 0 aliphatic rings. The quantitative estimate of drug-likeness (QED) is 0.519. The third-order valence-corrected chi connectivity index (χ3v) is 3.74. The Bertz CT molecular complexity index is 179. The van der Waals surface area contributed by atoms with Gasteiger partial charge in [-0.05, 0) is 32.1 Å². The highest BCUT2D eigenvalue weighted by molar-refractivity contribution is 9.09. The molecular formula is C13H25BrO2. The van der Waals surface area contributed by atoms with Gasteiger partial charge in [-0.2, -0.15) is 0 Å². The Hall–Kier alpha value is 0.140. The van der Waals surface area contributed by atoms with E-state index >= 15 is 0 Å². The van der Waals surface area contributed by atoms with E-state index in [2.05, 4.69) is 35.0 Å². The van der Waals surface area contributed by atoms with E-state index in [9.17, 15) is 5.11 Å². The van der Waals surface area contributed by atoms with E-state index < -0.39 is 0 Å². The molecule has 0 saturated carbocycles. The zero-order valence-corrected chi connectivity index (χ0v) is 12.2. The Morgan fingerprint density at radius 2 is 1.94 bits per heavy atom. The summed E-state index contributed by atoms with van der Waals surface area (Å²) in [5.41, 5.74) is 0. The van der Waals surface area contributed by atoms with Crippen LogP contribution in [0.1, 0.15) is 46.0 Å². The molecular weight excluding hydrogens is 268 g/mol. The van der Waals surface area contributed by atoms with Gasteiger partial charge in [0.2, 0.25) is 0 Å². The first-order valence-corrected chi connectivity index (χ1v) is 7.07. The van der Waals surface area contributed by atoms with Crippen molar-refractivity contribution in [1.29, 1.82) is 0 Å². The number of alkyl halides is 1. The van der Waals surface area contributed by atoms with Crippen LogP contribution in [-0.2, 0) is 4.74 Å². The molecule has 2 nitrogen and oxygen atoms in total. The second-order valence-electron chi connectivity index (χ2n) is 4.04. The lowest BCUT2D eigenvalue weighted by molar-refractivity contribution is 0.0992. The highest BCUT2D eigenvalue weighted by Crippen LogP contribution is 2.16. The summed E-state index contributed by atoms with van der Waals surface area (Å²) in [6, 6.07) is 0. The zero-order valence-electron chi connectivity index (χ0n) is 10.7. The van der Waals surface area contributed by atoms with Crippen LogP contribution >= 0.6 is 15.9 Å². The Kier molecular flexibility index (Phi) is 10.4. The van der Waals surface area contributed by atoms with Gasteiger partial charge in [0, 0.05) is 11.9 Å². The second kappa shape index (κ2) is 10.3. The first kappa shape index (κ1) is 16.1. The molecule has 16 heavy (non-hydrogen) atoms. The van der Waals surface area contributed by atoms with E-state index in [4.69, 9.17) is 4.74 Å². The summed E-state index contributed by atoms with van der Waals surface area (Å²) in [4.78, 5) is 0.384. The van der Waals surface area contributed by atoms with E-state index in [1.165, 1.54) is 0 Å². The van der Waals surface area contributed by atoms with Gasteiger partial charge in [-0.15, -0.1) is 0 Å². The molecule has 0 rings (SSSR count). The van der Waals surface area contributed by atoms with E-state index in [0.29, 0.717) is 4.83 Å². The summed E-state index contributed by atoms with van der Waals surface area (Å²) < 4.78 is 5.35. The molecule has 3 atom stereocenters. The minimum absolute atomic E-state index is 0.146. The number of aliphatic hydroxyl groups is 1. The predicted octanol–water partition coefficient (Wildman–Crippen LogP) is 3.67. The predicted molar refractivity (Wildman–Crippen MR) is 73.1 cm³/mol. The van der Waals surface area contributed by atoms with E-state index in [-0.39, 0.29) is 12.2 Å². The minimum atomic E-state index is -0.146.